The average Bonchev–Trinajstić information content (AvgIpc) is 3.23. The molecule has 0 radical (unpaired) electrons. The lowest BCUT2D eigenvalue weighted by atomic mass is 10.2. The lowest BCUT2D eigenvalue weighted by Crippen LogP contribution is -2.33. The number of benzene rings is 2. The SMILES string of the molecule is CC(=O)NCC1CN(c2ccc(-n3cnc4ccccc43)c(F)c2)C(=O)O1. The van der Waals surface area contributed by atoms with E-state index < -0.39 is 18.0 Å². The molecule has 138 valence electrons. The molecule has 2 aromatic carbocycles. The summed E-state index contributed by atoms with van der Waals surface area (Å²) in [6.07, 6.45) is 0.531. The molecule has 2 amide bonds. The van der Waals surface area contributed by atoms with E-state index in [1.54, 1.807) is 23.0 Å². The van der Waals surface area contributed by atoms with Crippen LogP contribution in [0.25, 0.3) is 16.7 Å². The zero-order valence-corrected chi connectivity index (χ0v) is 14.6. The second kappa shape index (κ2) is 6.71. The molecule has 1 fully saturated rings. The second-order valence-electron chi connectivity index (χ2n) is 6.29. The van der Waals surface area contributed by atoms with Gasteiger partial charge in [-0.1, -0.05) is 12.1 Å². The van der Waals surface area contributed by atoms with Gasteiger partial charge in [0, 0.05) is 6.92 Å². The number of cyclic esters (lactones) is 1. The summed E-state index contributed by atoms with van der Waals surface area (Å²) < 4.78 is 21.7. The molecule has 0 spiro atoms. The van der Waals surface area contributed by atoms with Crippen LogP contribution in [0.2, 0.25) is 0 Å². The normalized spacial score (nSPS) is 16.6. The van der Waals surface area contributed by atoms with Crippen LogP contribution in [0.15, 0.2) is 48.8 Å². The Bertz CT molecular complexity index is 1030. The number of carbonyl (C=O) groups is 2. The Morgan fingerprint density at radius 1 is 1.33 bits per heavy atom. The fraction of sp³-hybridized carbons (Fsp3) is 0.211. The van der Waals surface area contributed by atoms with Crippen molar-refractivity contribution < 1.29 is 18.7 Å². The molecule has 4 rings (SSSR count). The van der Waals surface area contributed by atoms with E-state index in [0.29, 0.717) is 11.4 Å². The molecule has 27 heavy (non-hydrogen) atoms. The van der Waals surface area contributed by atoms with Crippen LogP contribution in [0.4, 0.5) is 14.9 Å². The summed E-state index contributed by atoms with van der Waals surface area (Å²) in [6.45, 7) is 1.85. The molecule has 1 aliphatic heterocycles. The Kier molecular flexibility index (Phi) is 4.23. The van der Waals surface area contributed by atoms with Crippen molar-refractivity contribution in [2.75, 3.05) is 18.0 Å². The fourth-order valence-corrected chi connectivity index (χ4v) is 3.11. The number of rotatable bonds is 4. The number of hydrogen-bond donors (Lipinski definition) is 1. The van der Waals surface area contributed by atoms with Crippen molar-refractivity contribution in [2.24, 2.45) is 0 Å². The number of nitrogens with zero attached hydrogens (tertiary/aromatic N) is 3. The van der Waals surface area contributed by atoms with Gasteiger partial charge in [0.05, 0.1) is 35.5 Å². The van der Waals surface area contributed by atoms with Crippen LogP contribution in [0.3, 0.4) is 0 Å². The monoisotopic (exact) mass is 368 g/mol. The van der Waals surface area contributed by atoms with Gasteiger partial charge in [-0.05, 0) is 30.3 Å². The summed E-state index contributed by atoms with van der Waals surface area (Å²) in [6, 6.07) is 12.0. The number of hydrogen-bond acceptors (Lipinski definition) is 4. The van der Waals surface area contributed by atoms with Crippen molar-refractivity contribution in [1.29, 1.82) is 0 Å². The number of halogens is 1. The van der Waals surface area contributed by atoms with Crippen LogP contribution < -0.4 is 10.2 Å². The number of fused-ring (bicyclic) bond motifs is 1. The predicted octanol–water partition coefficient (Wildman–Crippen LogP) is 2.63. The summed E-state index contributed by atoms with van der Waals surface area (Å²) in [5.41, 5.74) is 2.30. The minimum atomic E-state index is -0.564. The van der Waals surface area contributed by atoms with Gasteiger partial charge in [0.15, 0.2) is 0 Å². The maximum Gasteiger partial charge on any atom is 0.414 e. The number of imidazole rings is 1. The van der Waals surface area contributed by atoms with Crippen molar-refractivity contribution in [3.8, 4) is 5.69 Å². The number of carbonyl (C=O) groups excluding carboxylic acids is 2. The predicted molar refractivity (Wildman–Crippen MR) is 97.3 cm³/mol. The Labute approximate surface area is 154 Å². The van der Waals surface area contributed by atoms with Gasteiger partial charge in [0.25, 0.3) is 0 Å². The van der Waals surface area contributed by atoms with E-state index in [2.05, 4.69) is 10.3 Å². The van der Waals surface area contributed by atoms with Crippen molar-refractivity contribution in [3.63, 3.8) is 0 Å². The first kappa shape index (κ1) is 17.0. The summed E-state index contributed by atoms with van der Waals surface area (Å²) in [5, 5.41) is 2.61. The van der Waals surface area contributed by atoms with Crippen LogP contribution in [-0.2, 0) is 9.53 Å². The second-order valence-corrected chi connectivity index (χ2v) is 6.29. The molecule has 3 aromatic rings. The van der Waals surface area contributed by atoms with Crippen molar-refractivity contribution in [3.05, 3.63) is 54.6 Å². The minimum absolute atomic E-state index is 0.201. The molecular weight excluding hydrogens is 351 g/mol. The van der Waals surface area contributed by atoms with E-state index in [0.717, 1.165) is 11.0 Å². The van der Waals surface area contributed by atoms with Gasteiger partial charge in [-0.25, -0.2) is 14.2 Å². The standard InChI is InChI=1S/C19H17FN4O3/c1-12(25)21-9-14-10-23(19(26)27-14)13-6-7-17(15(20)8-13)24-11-22-16-4-2-3-5-18(16)24/h2-8,11,14H,9-10H2,1H3,(H,21,25). The highest BCUT2D eigenvalue weighted by molar-refractivity contribution is 5.90. The van der Waals surface area contributed by atoms with E-state index in [4.69, 9.17) is 4.74 Å². The zero-order valence-electron chi connectivity index (χ0n) is 14.6. The van der Waals surface area contributed by atoms with Crippen molar-refractivity contribution in [2.45, 2.75) is 13.0 Å². The van der Waals surface area contributed by atoms with Gasteiger partial charge >= 0.3 is 6.09 Å². The third-order valence-corrected chi connectivity index (χ3v) is 4.41. The third-order valence-electron chi connectivity index (χ3n) is 4.41. The minimum Gasteiger partial charge on any atom is -0.442 e. The van der Waals surface area contributed by atoms with Crippen LogP contribution in [-0.4, -0.2) is 40.7 Å². The molecule has 1 saturated heterocycles. The zero-order chi connectivity index (χ0) is 19.0. The van der Waals surface area contributed by atoms with E-state index in [9.17, 15) is 14.0 Å². The molecule has 1 unspecified atom stereocenters. The highest BCUT2D eigenvalue weighted by atomic mass is 19.1. The van der Waals surface area contributed by atoms with Gasteiger partial charge < -0.3 is 10.1 Å². The Morgan fingerprint density at radius 2 is 2.15 bits per heavy atom. The fourth-order valence-electron chi connectivity index (χ4n) is 3.11. The lowest BCUT2D eigenvalue weighted by Gasteiger charge is -2.15. The smallest absolute Gasteiger partial charge is 0.414 e. The molecule has 0 bridgehead atoms. The topological polar surface area (TPSA) is 76.5 Å². The molecule has 7 nitrogen and oxygen atoms in total. The van der Waals surface area contributed by atoms with E-state index >= 15 is 0 Å². The van der Waals surface area contributed by atoms with Crippen LogP contribution in [0.5, 0.6) is 0 Å². The van der Waals surface area contributed by atoms with Gasteiger partial charge in [-0.15, -0.1) is 0 Å². The van der Waals surface area contributed by atoms with Crippen molar-refractivity contribution >= 4 is 28.7 Å². The average molecular weight is 368 g/mol. The molecule has 8 heteroatoms. The molecule has 0 saturated carbocycles. The van der Waals surface area contributed by atoms with Crippen LogP contribution in [0.1, 0.15) is 6.92 Å². The van der Waals surface area contributed by atoms with E-state index in [1.807, 2.05) is 24.3 Å². The summed E-state index contributed by atoms with van der Waals surface area (Å²) >= 11 is 0. The molecule has 0 aliphatic carbocycles. The maximum absolute atomic E-state index is 14.8. The molecule has 1 atom stereocenters. The first-order valence-corrected chi connectivity index (χ1v) is 8.47. The molecule has 1 N–H and O–H groups in total. The van der Waals surface area contributed by atoms with Gasteiger partial charge in [0.2, 0.25) is 5.91 Å². The lowest BCUT2D eigenvalue weighted by molar-refractivity contribution is -0.119. The number of aromatic nitrogens is 2. The van der Waals surface area contributed by atoms with Crippen molar-refractivity contribution in [1.82, 2.24) is 14.9 Å². The van der Waals surface area contributed by atoms with Crippen LogP contribution >= 0.6 is 0 Å². The largest absolute Gasteiger partial charge is 0.442 e. The van der Waals surface area contributed by atoms with E-state index in [1.165, 1.54) is 17.9 Å². The van der Waals surface area contributed by atoms with Gasteiger partial charge in [-0.3, -0.25) is 14.3 Å². The third kappa shape index (κ3) is 3.21. The number of para-hydroxylation sites is 2. The number of anilines is 1. The molecule has 1 aliphatic rings. The summed E-state index contributed by atoms with van der Waals surface area (Å²) in [7, 11) is 0. The molecular formula is C19H17FN4O3. The maximum atomic E-state index is 14.8. The van der Waals surface area contributed by atoms with Crippen LogP contribution in [0, 0.1) is 5.82 Å². The van der Waals surface area contributed by atoms with E-state index in [-0.39, 0.29) is 19.0 Å². The first-order valence-electron chi connectivity index (χ1n) is 8.47. The molecule has 2 heterocycles. The highest BCUT2D eigenvalue weighted by Gasteiger charge is 2.32. The summed E-state index contributed by atoms with van der Waals surface area (Å²) in [4.78, 5) is 28.7. The van der Waals surface area contributed by atoms with Gasteiger partial charge in [-0.2, -0.15) is 0 Å². The summed E-state index contributed by atoms with van der Waals surface area (Å²) in [5.74, 6) is -0.679. The Balaban J connectivity index is 1.59. The Morgan fingerprint density at radius 3 is 2.93 bits per heavy atom. The molecule has 1 aromatic heterocycles. The quantitative estimate of drug-likeness (QED) is 0.768. The number of amides is 2. The van der Waals surface area contributed by atoms with Gasteiger partial charge in [0.1, 0.15) is 18.2 Å². The highest BCUT2D eigenvalue weighted by Crippen LogP contribution is 2.27. The Hall–Kier alpha value is -3.42. The number of ether oxygens (including phenoxy) is 1. The number of nitrogens with one attached hydrogen (secondary N) is 1. The first-order chi connectivity index (χ1) is 13.0.